The molecule has 45 heavy (non-hydrogen) atoms. The first kappa shape index (κ1) is 33.6. The Morgan fingerprint density at radius 1 is 1.02 bits per heavy atom. The summed E-state index contributed by atoms with van der Waals surface area (Å²) in [5.41, 5.74) is 5.52. The summed E-state index contributed by atoms with van der Waals surface area (Å²) in [7, 11) is 0. The van der Waals surface area contributed by atoms with Crippen molar-refractivity contribution >= 4 is 11.9 Å². The minimum absolute atomic E-state index is 0.0426. The number of likely N-dealkylation sites (tertiary alicyclic amines) is 1. The van der Waals surface area contributed by atoms with Crippen LogP contribution < -0.4 is 10.9 Å². The first-order chi connectivity index (χ1) is 21.3. The van der Waals surface area contributed by atoms with Crippen molar-refractivity contribution in [2.24, 2.45) is 5.92 Å². The van der Waals surface area contributed by atoms with Crippen molar-refractivity contribution in [2.75, 3.05) is 19.6 Å². The fourth-order valence-electron chi connectivity index (χ4n) is 6.23. The Kier molecular flexibility index (Phi) is 10.6. The van der Waals surface area contributed by atoms with Crippen LogP contribution in [0.5, 0.6) is 0 Å². The van der Waals surface area contributed by atoms with Crippen LogP contribution in [0.1, 0.15) is 84.1 Å². The second kappa shape index (κ2) is 14.2. The number of carboxylic acids is 1. The van der Waals surface area contributed by atoms with E-state index in [1.807, 2.05) is 34.6 Å². The second-order valence-electron chi connectivity index (χ2n) is 12.8. The standard InChI is InChI=1S/C36H43FN4O4/c1-21(2)12-31(41-20-27(22(3)16-32(41)42)8-11-40-9-7-10-40)36(45)39-30(18-33(43)44)29-17-28(15-25(6)35(29)37)34-23(4)13-26(19-38)14-24(34)5/h13-17,20-21,30-31H,7-12,18H2,1-6H3,(H,39,45)(H,43,44)/t30-,31?/m0/s1. The number of aryl methyl sites for hydroxylation is 4. The van der Waals surface area contributed by atoms with Gasteiger partial charge in [0.15, 0.2) is 0 Å². The van der Waals surface area contributed by atoms with Gasteiger partial charge < -0.3 is 19.9 Å². The van der Waals surface area contributed by atoms with Crippen LogP contribution in [0, 0.1) is 50.8 Å². The van der Waals surface area contributed by atoms with E-state index in [9.17, 15) is 24.8 Å². The minimum Gasteiger partial charge on any atom is -0.481 e. The molecular weight excluding hydrogens is 571 g/mol. The highest BCUT2D eigenvalue weighted by Crippen LogP contribution is 2.34. The minimum atomic E-state index is -1.20. The number of hydrogen-bond acceptors (Lipinski definition) is 5. The van der Waals surface area contributed by atoms with Gasteiger partial charge in [-0.3, -0.25) is 14.4 Å². The molecule has 4 rings (SSSR count). The number of nitrogens with zero attached hydrogens (tertiary/aromatic N) is 3. The number of nitriles is 1. The van der Waals surface area contributed by atoms with Gasteiger partial charge in [-0.2, -0.15) is 5.26 Å². The van der Waals surface area contributed by atoms with Crippen molar-refractivity contribution in [3.63, 3.8) is 0 Å². The highest BCUT2D eigenvalue weighted by Gasteiger charge is 2.29. The average molecular weight is 615 g/mol. The van der Waals surface area contributed by atoms with Crippen LogP contribution in [0.15, 0.2) is 41.3 Å². The molecule has 0 aliphatic carbocycles. The molecule has 1 aliphatic heterocycles. The van der Waals surface area contributed by atoms with E-state index in [4.69, 9.17) is 0 Å². The molecule has 2 atom stereocenters. The molecular formula is C36H43FN4O4. The maximum absolute atomic E-state index is 15.8. The van der Waals surface area contributed by atoms with Crippen LogP contribution in [-0.2, 0) is 16.0 Å². The van der Waals surface area contributed by atoms with Gasteiger partial charge in [-0.05, 0) is 129 Å². The van der Waals surface area contributed by atoms with E-state index in [1.165, 1.54) is 11.0 Å². The molecule has 0 saturated carbocycles. The summed E-state index contributed by atoms with van der Waals surface area (Å²) in [6, 6.07) is 8.39. The molecule has 238 valence electrons. The van der Waals surface area contributed by atoms with Crippen LogP contribution in [0.3, 0.4) is 0 Å². The van der Waals surface area contributed by atoms with Crippen molar-refractivity contribution in [3.8, 4) is 17.2 Å². The third-order valence-electron chi connectivity index (χ3n) is 8.68. The van der Waals surface area contributed by atoms with E-state index in [-0.39, 0.29) is 17.0 Å². The Hall–Kier alpha value is -4.29. The monoisotopic (exact) mass is 614 g/mol. The molecule has 9 heteroatoms. The fraction of sp³-hybridized carbons (Fsp3) is 0.444. The molecule has 1 aromatic heterocycles. The van der Waals surface area contributed by atoms with E-state index in [0.717, 1.165) is 53.9 Å². The van der Waals surface area contributed by atoms with E-state index in [2.05, 4.69) is 16.3 Å². The molecule has 0 spiro atoms. The molecule has 1 aliphatic rings. The predicted molar refractivity (Wildman–Crippen MR) is 173 cm³/mol. The number of halogens is 1. The van der Waals surface area contributed by atoms with Gasteiger partial charge in [0.2, 0.25) is 5.91 Å². The van der Waals surface area contributed by atoms with Crippen LogP contribution in [0.25, 0.3) is 11.1 Å². The second-order valence-corrected chi connectivity index (χ2v) is 12.8. The predicted octanol–water partition coefficient (Wildman–Crippen LogP) is 5.93. The van der Waals surface area contributed by atoms with Gasteiger partial charge in [0.25, 0.3) is 5.56 Å². The topological polar surface area (TPSA) is 115 Å². The maximum atomic E-state index is 15.8. The largest absolute Gasteiger partial charge is 0.481 e. The highest BCUT2D eigenvalue weighted by atomic mass is 19.1. The number of benzene rings is 2. The molecule has 2 heterocycles. The number of carbonyl (C=O) groups is 2. The number of pyridine rings is 1. The van der Waals surface area contributed by atoms with E-state index < -0.39 is 36.2 Å². The highest BCUT2D eigenvalue weighted by molar-refractivity contribution is 5.82. The first-order valence-corrected chi connectivity index (χ1v) is 15.6. The quantitative estimate of drug-likeness (QED) is 0.262. The summed E-state index contributed by atoms with van der Waals surface area (Å²) in [6.07, 6.45) is 3.48. The normalized spacial score (nSPS) is 14.5. The van der Waals surface area contributed by atoms with Crippen LogP contribution in [0.2, 0.25) is 0 Å². The third kappa shape index (κ3) is 7.87. The first-order valence-electron chi connectivity index (χ1n) is 15.6. The molecule has 8 nitrogen and oxygen atoms in total. The summed E-state index contributed by atoms with van der Waals surface area (Å²) in [6.45, 7) is 14.1. The van der Waals surface area contributed by atoms with Crippen LogP contribution >= 0.6 is 0 Å². The molecule has 1 amide bonds. The number of hydrogen-bond donors (Lipinski definition) is 2. The summed E-state index contributed by atoms with van der Waals surface area (Å²) in [5.74, 6) is -2.30. The molecule has 0 bridgehead atoms. The number of aromatic nitrogens is 1. The molecule has 1 saturated heterocycles. The van der Waals surface area contributed by atoms with Gasteiger partial charge in [-0.1, -0.05) is 13.8 Å². The molecule has 1 unspecified atom stereocenters. The summed E-state index contributed by atoms with van der Waals surface area (Å²) in [5, 5.41) is 22.0. The Bertz CT molecular complexity index is 1680. The Morgan fingerprint density at radius 2 is 1.69 bits per heavy atom. The van der Waals surface area contributed by atoms with Crippen LogP contribution in [0.4, 0.5) is 4.39 Å². The van der Waals surface area contributed by atoms with Gasteiger partial charge >= 0.3 is 5.97 Å². The molecule has 2 aromatic carbocycles. The molecule has 2 N–H and O–H groups in total. The lowest BCUT2D eigenvalue weighted by atomic mass is 9.89. The number of rotatable bonds is 12. The van der Waals surface area contributed by atoms with Gasteiger partial charge in [0.1, 0.15) is 11.9 Å². The zero-order valence-electron chi connectivity index (χ0n) is 27.0. The van der Waals surface area contributed by atoms with E-state index in [1.54, 1.807) is 43.5 Å². The number of amides is 1. The summed E-state index contributed by atoms with van der Waals surface area (Å²) < 4.78 is 17.3. The molecule has 3 aromatic rings. The maximum Gasteiger partial charge on any atom is 0.305 e. The Labute approximate surface area is 264 Å². The lowest BCUT2D eigenvalue weighted by Crippen LogP contribution is -2.41. The lowest BCUT2D eigenvalue weighted by molar-refractivity contribution is -0.138. The van der Waals surface area contributed by atoms with Crippen molar-refractivity contribution < 1.29 is 19.1 Å². The third-order valence-corrected chi connectivity index (χ3v) is 8.68. The Morgan fingerprint density at radius 3 is 2.24 bits per heavy atom. The van der Waals surface area contributed by atoms with Crippen molar-refractivity contribution in [1.82, 2.24) is 14.8 Å². The molecule has 0 radical (unpaired) electrons. The molecule has 1 fully saturated rings. The van der Waals surface area contributed by atoms with Crippen LogP contribution in [-0.4, -0.2) is 46.1 Å². The van der Waals surface area contributed by atoms with Crippen molar-refractivity contribution in [2.45, 2.75) is 79.3 Å². The summed E-state index contributed by atoms with van der Waals surface area (Å²) in [4.78, 5) is 41.7. The SMILES string of the molecule is Cc1cc(=O)n(C(CC(C)C)C(=O)N[C@@H](CC(=O)O)c2cc(-c3c(C)cc(C#N)cc3C)cc(C)c2F)cc1CCN1CCC1. The van der Waals surface area contributed by atoms with Gasteiger partial charge in [-0.15, -0.1) is 0 Å². The van der Waals surface area contributed by atoms with E-state index >= 15 is 4.39 Å². The number of aliphatic carboxylic acids is 1. The smallest absolute Gasteiger partial charge is 0.305 e. The van der Waals surface area contributed by atoms with Crippen molar-refractivity contribution in [1.29, 1.82) is 5.26 Å². The zero-order chi connectivity index (χ0) is 33.0. The average Bonchev–Trinajstić information content (AvgIpc) is 2.92. The number of nitrogens with one attached hydrogen (secondary N) is 1. The number of carbonyl (C=O) groups excluding carboxylic acids is 1. The fourth-order valence-corrected chi connectivity index (χ4v) is 6.23. The van der Waals surface area contributed by atoms with Crippen molar-refractivity contribution in [3.05, 3.63) is 91.6 Å². The Balaban J connectivity index is 1.74. The zero-order valence-corrected chi connectivity index (χ0v) is 27.0. The lowest BCUT2D eigenvalue weighted by Gasteiger charge is -2.31. The van der Waals surface area contributed by atoms with Gasteiger partial charge in [0, 0.05) is 24.4 Å². The van der Waals surface area contributed by atoms with Gasteiger partial charge in [-0.25, -0.2) is 4.39 Å². The van der Waals surface area contributed by atoms with Gasteiger partial charge in [0.05, 0.1) is 24.1 Å². The summed E-state index contributed by atoms with van der Waals surface area (Å²) >= 11 is 0. The number of carboxylic acid groups (broad SMARTS) is 1. The van der Waals surface area contributed by atoms with E-state index in [0.29, 0.717) is 23.1 Å².